The summed E-state index contributed by atoms with van der Waals surface area (Å²) in [6, 6.07) is 13.3. The van der Waals surface area contributed by atoms with Crippen molar-refractivity contribution in [3.63, 3.8) is 0 Å². The lowest BCUT2D eigenvalue weighted by atomic mass is 9.99. The molecule has 1 aliphatic rings. The van der Waals surface area contributed by atoms with Crippen LogP contribution in [0.5, 0.6) is 5.75 Å². The van der Waals surface area contributed by atoms with Crippen LogP contribution < -0.4 is 4.74 Å². The number of hydrogen-bond donors (Lipinski definition) is 0. The van der Waals surface area contributed by atoms with E-state index in [0.717, 1.165) is 36.1 Å². The zero-order chi connectivity index (χ0) is 13.9. The molecule has 104 valence electrons. The summed E-state index contributed by atoms with van der Waals surface area (Å²) >= 11 is 3.61. The van der Waals surface area contributed by atoms with Crippen LogP contribution in [-0.4, -0.2) is 6.61 Å². The van der Waals surface area contributed by atoms with E-state index in [4.69, 9.17) is 4.74 Å². The van der Waals surface area contributed by atoms with Crippen molar-refractivity contribution >= 4 is 15.9 Å². The third-order valence-electron chi connectivity index (χ3n) is 3.78. The SMILES string of the molecule is CCCc1ccc(Cc2cc(Br)cc3c2OCC3)cc1. The number of ether oxygens (including phenoxy) is 1. The minimum Gasteiger partial charge on any atom is -0.493 e. The quantitative estimate of drug-likeness (QED) is 0.772. The van der Waals surface area contributed by atoms with Gasteiger partial charge in [-0.15, -0.1) is 0 Å². The summed E-state index contributed by atoms with van der Waals surface area (Å²) in [5.41, 5.74) is 5.39. The fourth-order valence-electron chi connectivity index (χ4n) is 2.81. The first-order valence-corrected chi connectivity index (χ1v) is 8.07. The summed E-state index contributed by atoms with van der Waals surface area (Å²) in [6.07, 6.45) is 4.33. The van der Waals surface area contributed by atoms with E-state index < -0.39 is 0 Å². The standard InChI is InChI=1S/C18H19BrO/c1-2-3-13-4-6-14(7-5-13)10-16-12-17(19)11-15-8-9-20-18(15)16/h4-7,11-12H,2-3,8-10H2,1H3. The van der Waals surface area contributed by atoms with E-state index in [2.05, 4.69) is 59.3 Å². The Morgan fingerprint density at radius 3 is 2.60 bits per heavy atom. The lowest BCUT2D eigenvalue weighted by Crippen LogP contribution is -1.94. The summed E-state index contributed by atoms with van der Waals surface area (Å²) in [7, 11) is 0. The smallest absolute Gasteiger partial charge is 0.126 e. The van der Waals surface area contributed by atoms with Crippen molar-refractivity contribution in [1.82, 2.24) is 0 Å². The second kappa shape index (κ2) is 6.01. The van der Waals surface area contributed by atoms with Crippen LogP contribution in [0, 0.1) is 0 Å². The van der Waals surface area contributed by atoms with Gasteiger partial charge >= 0.3 is 0 Å². The molecule has 1 aliphatic heterocycles. The van der Waals surface area contributed by atoms with Gasteiger partial charge in [-0.3, -0.25) is 0 Å². The van der Waals surface area contributed by atoms with Gasteiger partial charge < -0.3 is 4.74 Å². The van der Waals surface area contributed by atoms with E-state index in [0.29, 0.717) is 0 Å². The Morgan fingerprint density at radius 1 is 1.10 bits per heavy atom. The number of rotatable bonds is 4. The number of halogens is 1. The minimum atomic E-state index is 0.814. The molecule has 1 nitrogen and oxygen atoms in total. The van der Waals surface area contributed by atoms with Crippen LogP contribution in [0.15, 0.2) is 40.9 Å². The van der Waals surface area contributed by atoms with Gasteiger partial charge in [0.15, 0.2) is 0 Å². The number of hydrogen-bond acceptors (Lipinski definition) is 1. The maximum Gasteiger partial charge on any atom is 0.126 e. The molecule has 2 aromatic carbocycles. The van der Waals surface area contributed by atoms with Crippen LogP contribution in [0.1, 0.15) is 35.6 Å². The molecule has 0 saturated heterocycles. The van der Waals surface area contributed by atoms with E-state index in [1.807, 2.05) is 0 Å². The maximum atomic E-state index is 5.80. The predicted molar refractivity (Wildman–Crippen MR) is 86.6 cm³/mol. The molecule has 0 saturated carbocycles. The molecular weight excluding hydrogens is 312 g/mol. The highest BCUT2D eigenvalue weighted by molar-refractivity contribution is 9.10. The fraction of sp³-hybridized carbons (Fsp3) is 0.333. The van der Waals surface area contributed by atoms with Crippen LogP contribution in [0.2, 0.25) is 0 Å². The minimum absolute atomic E-state index is 0.814. The molecule has 0 bridgehead atoms. The first-order chi connectivity index (χ1) is 9.76. The van der Waals surface area contributed by atoms with Crippen molar-refractivity contribution in [2.75, 3.05) is 6.61 Å². The summed E-state index contributed by atoms with van der Waals surface area (Å²) < 4.78 is 6.95. The second-order valence-corrected chi connectivity index (χ2v) is 6.31. The zero-order valence-corrected chi connectivity index (χ0v) is 13.4. The molecule has 0 N–H and O–H groups in total. The molecule has 1 heterocycles. The predicted octanol–water partition coefficient (Wildman–Crippen LogP) is 4.93. The summed E-state index contributed by atoms with van der Waals surface area (Å²) in [5.74, 6) is 1.10. The van der Waals surface area contributed by atoms with Gasteiger partial charge in [0.1, 0.15) is 5.75 Å². The van der Waals surface area contributed by atoms with Gasteiger partial charge in [-0.1, -0.05) is 53.5 Å². The Morgan fingerprint density at radius 2 is 1.85 bits per heavy atom. The van der Waals surface area contributed by atoms with Crippen molar-refractivity contribution in [3.05, 3.63) is 63.1 Å². The van der Waals surface area contributed by atoms with E-state index in [-0.39, 0.29) is 0 Å². The zero-order valence-electron chi connectivity index (χ0n) is 11.8. The van der Waals surface area contributed by atoms with Gasteiger partial charge in [0, 0.05) is 17.3 Å². The lowest BCUT2D eigenvalue weighted by Gasteiger charge is -2.10. The fourth-order valence-corrected chi connectivity index (χ4v) is 3.36. The average Bonchev–Trinajstić information content (AvgIpc) is 2.89. The first-order valence-electron chi connectivity index (χ1n) is 7.28. The van der Waals surface area contributed by atoms with E-state index in [1.54, 1.807) is 0 Å². The molecule has 0 aliphatic carbocycles. The molecule has 2 heteroatoms. The van der Waals surface area contributed by atoms with E-state index >= 15 is 0 Å². The van der Waals surface area contributed by atoms with Gasteiger partial charge in [0.05, 0.1) is 6.61 Å². The Kier molecular flexibility index (Phi) is 4.11. The highest BCUT2D eigenvalue weighted by Crippen LogP contribution is 2.34. The van der Waals surface area contributed by atoms with Gasteiger partial charge in [-0.25, -0.2) is 0 Å². The largest absolute Gasteiger partial charge is 0.493 e. The third kappa shape index (κ3) is 2.90. The molecule has 20 heavy (non-hydrogen) atoms. The number of aryl methyl sites for hydroxylation is 1. The molecule has 0 unspecified atom stereocenters. The van der Waals surface area contributed by atoms with E-state index in [1.165, 1.54) is 28.7 Å². The van der Waals surface area contributed by atoms with Crippen LogP contribution in [-0.2, 0) is 19.3 Å². The van der Waals surface area contributed by atoms with Crippen LogP contribution >= 0.6 is 15.9 Å². The van der Waals surface area contributed by atoms with Crippen LogP contribution in [0.4, 0.5) is 0 Å². The molecule has 0 aromatic heterocycles. The van der Waals surface area contributed by atoms with Gasteiger partial charge in [-0.05, 0) is 40.8 Å². The summed E-state index contributed by atoms with van der Waals surface area (Å²) in [6.45, 7) is 3.03. The average molecular weight is 331 g/mol. The van der Waals surface area contributed by atoms with Crippen molar-refractivity contribution in [3.8, 4) is 5.75 Å². The Hall–Kier alpha value is -1.28. The highest BCUT2D eigenvalue weighted by atomic mass is 79.9. The Labute approximate surface area is 129 Å². The van der Waals surface area contributed by atoms with Crippen LogP contribution in [0.25, 0.3) is 0 Å². The summed E-state index contributed by atoms with van der Waals surface area (Å²) in [4.78, 5) is 0. The second-order valence-electron chi connectivity index (χ2n) is 5.39. The van der Waals surface area contributed by atoms with Gasteiger partial charge in [0.25, 0.3) is 0 Å². The third-order valence-corrected chi connectivity index (χ3v) is 4.24. The maximum absolute atomic E-state index is 5.80. The highest BCUT2D eigenvalue weighted by Gasteiger charge is 2.17. The van der Waals surface area contributed by atoms with Crippen molar-refractivity contribution < 1.29 is 4.74 Å². The van der Waals surface area contributed by atoms with Gasteiger partial charge in [0.2, 0.25) is 0 Å². The number of fused-ring (bicyclic) bond motifs is 1. The lowest BCUT2D eigenvalue weighted by molar-refractivity contribution is 0.354. The van der Waals surface area contributed by atoms with Crippen molar-refractivity contribution in [2.24, 2.45) is 0 Å². The molecule has 0 spiro atoms. The van der Waals surface area contributed by atoms with Gasteiger partial charge in [-0.2, -0.15) is 0 Å². The van der Waals surface area contributed by atoms with Crippen LogP contribution in [0.3, 0.4) is 0 Å². The monoisotopic (exact) mass is 330 g/mol. The molecule has 0 radical (unpaired) electrons. The molecule has 0 fully saturated rings. The number of benzene rings is 2. The molecular formula is C18H19BrO. The van der Waals surface area contributed by atoms with Crippen molar-refractivity contribution in [2.45, 2.75) is 32.6 Å². The Bertz CT molecular complexity index is 602. The molecule has 0 amide bonds. The summed E-state index contributed by atoms with van der Waals surface area (Å²) in [5, 5.41) is 0. The molecule has 0 atom stereocenters. The van der Waals surface area contributed by atoms with E-state index in [9.17, 15) is 0 Å². The first kappa shape index (κ1) is 13.7. The normalized spacial score (nSPS) is 13.1. The molecule has 2 aromatic rings. The topological polar surface area (TPSA) is 9.23 Å². The Balaban J connectivity index is 1.84. The molecule has 3 rings (SSSR count). The van der Waals surface area contributed by atoms with Crippen molar-refractivity contribution in [1.29, 1.82) is 0 Å².